The Morgan fingerprint density at radius 3 is 1.64 bits per heavy atom. The second kappa shape index (κ2) is 16.9. The zero-order chi connectivity index (χ0) is 49.5. The van der Waals surface area contributed by atoms with Gasteiger partial charge < -0.3 is 4.74 Å². The van der Waals surface area contributed by atoms with E-state index in [9.17, 15) is 0 Å². The highest BCUT2D eigenvalue weighted by Crippen LogP contribution is 2.44. The highest BCUT2D eigenvalue weighted by Gasteiger charge is 2.34. The summed E-state index contributed by atoms with van der Waals surface area (Å²) in [6, 6.07) is 52.9. The summed E-state index contributed by atoms with van der Waals surface area (Å²) in [5.41, 5.74) is 12.1. The number of benzene rings is 6. The molecule has 70 heavy (non-hydrogen) atoms. The molecule has 3 aromatic heterocycles. The van der Waals surface area contributed by atoms with Crippen LogP contribution in [-0.2, 0) is 21.7 Å². The highest BCUT2D eigenvalue weighted by molar-refractivity contribution is 6.11. The molecule has 8 nitrogen and oxygen atoms in total. The summed E-state index contributed by atoms with van der Waals surface area (Å²) in [4.78, 5) is 21.0. The summed E-state index contributed by atoms with van der Waals surface area (Å²) in [7, 11) is 2.03. The van der Waals surface area contributed by atoms with Crippen molar-refractivity contribution >= 4 is 44.9 Å². The van der Waals surface area contributed by atoms with Gasteiger partial charge in [-0.2, -0.15) is 0 Å². The van der Waals surface area contributed by atoms with E-state index < -0.39 is 0 Å². The normalized spacial score (nSPS) is 13.2. The molecular formula is C62H63N7O+2. The Balaban J connectivity index is 1.25. The predicted octanol–water partition coefficient (Wildman–Crippen LogP) is 15.6. The minimum absolute atomic E-state index is 0.0124. The minimum atomic E-state index is -0.203. The molecule has 0 amide bonds. The molecule has 0 saturated carbocycles. The van der Waals surface area contributed by atoms with Crippen LogP contribution < -0.4 is 9.31 Å². The van der Waals surface area contributed by atoms with Crippen molar-refractivity contribution in [3.05, 3.63) is 168 Å². The van der Waals surface area contributed by atoms with Gasteiger partial charge in [-0.05, 0) is 78.8 Å². The van der Waals surface area contributed by atoms with Crippen LogP contribution in [0, 0.1) is 0 Å². The Labute approximate surface area is 412 Å². The van der Waals surface area contributed by atoms with Crippen molar-refractivity contribution in [2.45, 2.75) is 105 Å². The molecule has 0 unspecified atom stereocenters. The fourth-order valence-electron chi connectivity index (χ4n) is 9.23. The quantitative estimate of drug-likeness (QED) is 0.149. The first-order valence-electron chi connectivity index (χ1n) is 24.4. The molecule has 8 heteroatoms. The van der Waals surface area contributed by atoms with Crippen molar-refractivity contribution in [3.8, 4) is 51.5 Å². The minimum Gasteiger partial charge on any atom is -0.456 e. The van der Waals surface area contributed by atoms with Crippen LogP contribution in [0.1, 0.15) is 105 Å². The van der Waals surface area contributed by atoms with Gasteiger partial charge in [0.15, 0.2) is 24.5 Å². The maximum absolute atomic E-state index is 7.38. The van der Waals surface area contributed by atoms with Crippen molar-refractivity contribution in [2.75, 3.05) is 7.05 Å². The van der Waals surface area contributed by atoms with Gasteiger partial charge in [0.05, 0.1) is 22.7 Å². The molecule has 1 aliphatic heterocycles. The number of hydrogen-bond donors (Lipinski definition) is 0. The van der Waals surface area contributed by atoms with Gasteiger partial charge >= 0.3 is 6.01 Å². The number of para-hydroxylation sites is 3. The third-order valence-corrected chi connectivity index (χ3v) is 13.5. The van der Waals surface area contributed by atoms with Crippen LogP contribution in [0.4, 0.5) is 17.1 Å². The SMILES string of the molecule is C[N+]1=C=[N+](c2cc(Oc3cc4c(cc3-c3nc(-c5ccc(C(C)(C)C)cc5)nc(-c5ccc(C(C)(C)C)cc5)n3)c3ccccc3n4-c3cc(C(C)(C)C)ccn3)cc(C(C)(C)C)c2)c2ccccc21. The Kier molecular flexibility index (Phi) is 11.1. The van der Waals surface area contributed by atoms with Crippen molar-refractivity contribution in [1.29, 1.82) is 0 Å². The molecule has 0 N–H and O–H groups in total. The van der Waals surface area contributed by atoms with Gasteiger partial charge in [-0.25, -0.2) is 19.9 Å². The molecule has 6 aromatic carbocycles. The van der Waals surface area contributed by atoms with E-state index in [1.54, 1.807) is 0 Å². The van der Waals surface area contributed by atoms with Crippen LogP contribution in [0.15, 0.2) is 146 Å². The third-order valence-electron chi connectivity index (χ3n) is 13.5. The fourth-order valence-corrected chi connectivity index (χ4v) is 9.23. The molecule has 0 spiro atoms. The lowest BCUT2D eigenvalue weighted by atomic mass is 9.86. The lowest BCUT2D eigenvalue weighted by molar-refractivity contribution is -0.394. The van der Waals surface area contributed by atoms with Crippen LogP contribution in [0.2, 0.25) is 0 Å². The fraction of sp³-hybridized carbons (Fsp3) is 0.274. The topological polar surface area (TPSA) is 71.7 Å². The maximum Gasteiger partial charge on any atom is 0.496 e. The van der Waals surface area contributed by atoms with Crippen molar-refractivity contribution in [1.82, 2.24) is 29.1 Å². The van der Waals surface area contributed by atoms with Gasteiger partial charge in [0, 0.05) is 52.4 Å². The van der Waals surface area contributed by atoms with Gasteiger partial charge in [0.2, 0.25) is 5.69 Å². The number of fused-ring (bicyclic) bond motifs is 4. The summed E-state index contributed by atoms with van der Waals surface area (Å²) in [6.45, 7) is 26.8. The van der Waals surface area contributed by atoms with E-state index >= 15 is 0 Å². The molecule has 1 aliphatic rings. The van der Waals surface area contributed by atoms with E-state index in [1.165, 1.54) is 16.7 Å². The van der Waals surface area contributed by atoms with E-state index in [2.05, 4.69) is 238 Å². The number of aromatic nitrogens is 5. The molecule has 0 saturated heterocycles. The first-order valence-corrected chi connectivity index (χ1v) is 24.4. The zero-order valence-corrected chi connectivity index (χ0v) is 42.9. The summed E-state index contributed by atoms with van der Waals surface area (Å²) < 4.78 is 13.8. The van der Waals surface area contributed by atoms with E-state index in [0.29, 0.717) is 29.0 Å². The van der Waals surface area contributed by atoms with Gasteiger partial charge in [0.1, 0.15) is 17.3 Å². The molecular weight excluding hydrogens is 859 g/mol. The first-order chi connectivity index (χ1) is 33.1. The molecule has 0 bridgehead atoms. The molecule has 10 rings (SSSR count). The Morgan fingerprint density at radius 2 is 1.04 bits per heavy atom. The van der Waals surface area contributed by atoms with Crippen molar-refractivity contribution < 1.29 is 9.31 Å². The summed E-state index contributed by atoms with van der Waals surface area (Å²) in [6.07, 6.45) is 1.92. The predicted molar refractivity (Wildman–Crippen MR) is 288 cm³/mol. The van der Waals surface area contributed by atoms with Crippen molar-refractivity contribution in [2.24, 2.45) is 0 Å². The summed E-state index contributed by atoms with van der Waals surface area (Å²) >= 11 is 0. The van der Waals surface area contributed by atoms with Crippen LogP contribution in [0.3, 0.4) is 0 Å². The smallest absolute Gasteiger partial charge is 0.456 e. The largest absolute Gasteiger partial charge is 0.496 e. The standard InChI is InChI=1S/C62H63N7O/c1-59(2,3)41-26-22-39(23-27-41)56-64-57(40-24-28-42(29-25-40)60(4,5)6)66-58(65-56)49-36-48-47-18-14-15-19-50(47)69(55-34-43(30-31-63-55)61(7,8)9)53(48)37-54(49)70-46-33-44(62(10,11)12)32-45(35-46)68-38-67(13)51-20-16-17-21-52(51)68/h14-37H,1-13H3/q+2. The number of ether oxygens (including phenoxy) is 1. The molecule has 350 valence electrons. The number of pyridine rings is 1. The average Bonchev–Trinajstić information content (AvgIpc) is 3.84. The van der Waals surface area contributed by atoms with E-state index in [1.807, 2.05) is 17.8 Å². The van der Waals surface area contributed by atoms with Crippen LogP contribution in [0.5, 0.6) is 11.5 Å². The number of hydrogen-bond acceptors (Lipinski definition) is 5. The van der Waals surface area contributed by atoms with Gasteiger partial charge in [-0.1, -0.05) is 167 Å². The first kappa shape index (κ1) is 46.2. The monoisotopic (exact) mass is 922 g/mol. The Hall–Kier alpha value is -7.54. The van der Waals surface area contributed by atoms with Gasteiger partial charge in [0.25, 0.3) is 11.4 Å². The van der Waals surface area contributed by atoms with Crippen LogP contribution >= 0.6 is 0 Å². The van der Waals surface area contributed by atoms with E-state index in [0.717, 1.165) is 66.9 Å². The molecule has 0 fully saturated rings. The van der Waals surface area contributed by atoms with E-state index in [4.69, 9.17) is 24.7 Å². The number of nitrogens with zero attached hydrogens (tertiary/aromatic N) is 7. The van der Waals surface area contributed by atoms with Crippen LogP contribution in [0.25, 0.3) is 61.8 Å². The second-order valence-corrected chi connectivity index (χ2v) is 22.9. The van der Waals surface area contributed by atoms with Crippen LogP contribution in [-0.4, -0.2) is 42.1 Å². The number of rotatable bonds is 7. The third kappa shape index (κ3) is 8.73. The molecule has 9 aromatic rings. The van der Waals surface area contributed by atoms with Gasteiger partial charge in [-0.3, -0.25) is 4.57 Å². The summed E-state index contributed by atoms with van der Waals surface area (Å²) in [5, 5.41) is 2.11. The Morgan fingerprint density at radius 1 is 0.486 bits per heavy atom. The summed E-state index contributed by atoms with van der Waals surface area (Å²) in [5.74, 6) is 3.78. The molecule has 0 aliphatic carbocycles. The van der Waals surface area contributed by atoms with Gasteiger partial charge in [-0.15, -0.1) is 0 Å². The Bertz CT molecular complexity index is 3510. The van der Waals surface area contributed by atoms with E-state index in [-0.39, 0.29) is 21.7 Å². The molecule has 0 atom stereocenters. The maximum atomic E-state index is 7.38. The second-order valence-electron chi connectivity index (χ2n) is 22.9. The lowest BCUT2D eigenvalue weighted by Crippen LogP contribution is -2.12. The average molecular weight is 922 g/mol. The lowest BCUT2D eigenvalue weighted by Gasteiger charge is -2.21. The van der Waals surface area contributed by atoms with Crippen molar-refractivity contribution in [3.63, 3.8) is 0 Å². The highest BCUT2D eigenvalue weighted by atomic mass is 16.5. The molecule has 0 radical (unpaired) electrons. The molecule has 4 heterocycles. The zero-order valence-electron chi connectivity index (χ0n) is 42.9.